The fourth-order valence-corrected chi connectivity index (χ4v) is 9.40. The molecule has 322 valence electrons. The molecule has 3 aliphatic heterocycles. The van der Waals surface area contributed by atoms with Crippen molar-refractivity contribution >= 4 is 46.3 Å². The average Bonchev–Trinajstić information content (AvgIpc) is 3.86. The van der Waals surface area contributed by atoms with Crippen molar-refractivity contribution in [2.24, 2.45) is 34.1 Å². The predicted molar refractivity (Wildman–Crippen MR) is 229 cm³/mol. The van der Waals surface area contributed by atoms with Crippen LogP contribution in [0.5, 0.6) is 5.75 Å². The highest BCUT2D eigenvalue weighted by Gasteiger charge is 2.44. The third-order valence-electron chi connectivity index (χ3n) is 12.2. The molecule has 58 heavy (non-hydrogen) atoms. The molecule has 13 heteroatoms. The van der Waals surface area contributed by atoms with E-state index < -0.39 is 53.5 Å². The summed E-state index contributed by atoms with van der Waals surface area (Å²) in [6, 6.07) is 4.43. The molecule has 0 radical (unpaired) electrons. The van der Waals surface area contributed by atoms with Gasteiger partial charge in [-0.3, -0.25) is 24.2 Å². The van der Waals surface area contributed by atoms with E-state index in [1.807, 2.05) is 71.9 Å². The summed E-state index contributed by atoms with van der Waals surface area (Å²) in [7, 11) is 4.71. The van der Waals surface area contributed by atoms with Gasteiger partial charge in [-0.15, -0.1) is 11.8 Å². The number of carbonyl (C=O) groups excluding carboxylic acids is 5. The molecule has 2 bridgehead atoms. The molecule has 0 saturated carbocycles. The number of aliphatic hydroxyl groups is 1. The minimum atomic E-state index is -0.958. The molecule has 1 N–H and O–H groups in total. The molecule has 1 aromatic carbocycles. The number of Topliss-reactive ketones (excluding diaryl/α,β-unsaturated/α-hetero) is 1. The highest BCUT2D eigenvalue weighted by atomic mass is 32.2. The fourth-order valence-electron chi connectivity index (χ4n) is 8.26. The molecule has 1 aromatic rings. The number of ether oxygens (including phenoxy) is 2. The number of carbonyl (C=O) groups is 5. The Morgan fingerprint density at radius 1 is 0.966 bits per heavy atom. The molecular formula is C45H68N4O8S. The minimum Gasteiger partial charge on any atom is -0.497 e. The van der Waals surface area contributed by atoms with E-state index in [1.165, 1.54) is 9.80 Å². The Labute approximate surface area is 350 Å². The van der Waals surface area contributed by atoms with E-state index in [4.69, 9.17) is 14.5 Å². The topological polar surface area (TPSA) is 146 Å². The number of cyclic esters (lactones) is 1. The number of allylic oxidation sites excluding steroid dienone is 1. The first-order chi connectivity index (χ1) is 27.1. The summed E-state index contributed by atoms with van der Waals surface area (Å²) in [5, 5.41) is 12.2. The maximum Gasteiger partial charge on any atom is 0.329 e. The molecule has 0 aliphatic carbocycles. The van der Waals surface area contributed by atoms with Crippen molar-refractivity contribution in [2.75, 3.05) is 33.5 Å². The number of hydrogen-bond acceptors (Lipinski definition) is 10. The standard InChI is InChI=1S/C45H68N4O8S/c1-26(2)39-43(54)49-19-13-14-35(49)44(55)57-38(45(7,8)9)21-27(3)20-37(51)29(5)40-46-33(25-58-40)22-28(4)36(50)24-32(23-31-15-17-34(56-12)18-16-31)42(53)47(10)30(6)41(52)48(39)11/h15-18,22,26-27,29-30,32-33,35,37-39,51H,13-14,19-21,23-25H2,1-12H3/b28-22+/t27-,29+,30-,32+,33-,35-,37-,38-,39-/m0/s1. The Morgan fingerprint density at radius 2 is 1.62 bits per heavy atom. The van der Waals surface area contributed by atoms with Crippen LogP contribution in [0.15, 0.2) is 40.9 Å². The molecule has 12 nitrogen and oxygen atoms in total. The lowest BCUT2D eigenvalue weighted by molar-refractivity contribution is -0.166. The van der Waals surface area contributed by atoms with Gasteiger partial charge < -0.3 is 29.3 Å². The van der Waals surface area contributed by atoms with E-state index in [0.29, 0.717) is 49.3 Å². The Kier molecular flexibility index (Phi) is 16.2. The number of methoxy groups -OCH3 is 1. The summed E-state index contributed by atoms with van der Waals surface area (Å²) < 4.78 is 11.6. The molecule has 3 amide bonds. The number of fused-ring (bicyclic) bond motifs is 2. The first kappa shape index (κ1) is 47.0. The molecule has 0 aromatic heterocycles. The van der Waals surface area contributed by atoms with Crippen LogP contribution in [0.2, 0.25) is 0 Å². The van der Waals surface area contributed by atoms with Gasteiger partial charge in [-0.25, -0.2) is 4.79 Å². The van der Waals surface area contributed by atoms with Crippen LogP contribution >= 0.6 is 11.8 Å². The summed E-state index contributed by atoms with van der Waals surface area (Å²) in [5.74, 6) is -1.79. The molecule has 1 fully saturated rings. The number of nitrogens with zero attached hydrogens (tertiary/aromatic N) is 4. The van der Waals surface area contributed by atoms with Crippen molar-refractivity contribution < 1.29 is 38.6 Å². The van der Waals surface area contributed by atoms with Crippen molar-refractivity contribution in [3.8, 4) is 5.75 Å². The first-order valence-electron chi connectivity index (χ1n) is 20.9. The highest BCUT2D eigenvalue weighted by molar-refractivity contribution is 8.14. The predicted octanol–water partition coefficient (Wildman–Crippen LogP) is 5.98. The monoisotopic (exact) mass is 824 g/mol. The quantitative estimate of drug-likeness (QED) is 0.363. The molecule has 1 saturated heterocycles. The van der Waals surface area contributed by atoms with Gasteiger partial charge in [-0.2, -0.15) is 0 Å². The van der Waals surface area contributed by atoms with Crippen LogP contribution in [0.25, 0.3) is 0 Å². The number of amides is 3. The number of esters is 1. The Balaban J connectivity index is 1.72. The number of hydrogen-bond donors (Lipinski definition) is 1. The molecule has 0 spiro atoms. The van der Waals surface area contributed by atoms with Crippen LogP contribution in [0.1, 0.15) is 100.0 Å². The Morgan fingerprint density at radius 3 is 2.22 bits per heavy atom. The summed E-state index contributed by atoms with van der Waals surface area (Å²) in [4.78, 5) is 80.2. The zero-order valence-electron chi connectivity index (χ0n) is 36.8. The lowest BCUT2D eigenvalue weighted by Crippen LogP contribution is -2.58. The normalized spacial score (nSPS) is 31.7. The zero-order valence-corrected chi connectivity index (χ0v) is 37.6. The van der Waals surface area contributed by atoms with E-state index in [0.717, 1.165) is 10.6 Å². The van der Waals surface area contributed by atoms with Crippen molar-refractivity contribution in [2.45, 2.75) is 137 Å². The van der Waals surface area contributed by atoms with E-state index >= 15 is 0 Å². The van der Waals surface area contributed by atoms with Crippen LogP contribution in [-0.2, 0) is 35.1 Å². The van der Waals surface area contributed by atoms with Crippen molar-refractivity contribution in [1.82, 2.24) is 14.7 Å². The van der Waals surface area contributed by atoms with E-state index in [2.05, 4.69) is 6.92 Å². The number of aliphatic imine (C=N–C) groups is 1. The number of ketones is 1. The number of rotatable bonds is 4. The number of thioether (sulfide) groups is 1. The van der Waals surface area contributed by atoms with Crippen molar-refractivity contribution in [3.05, 3.63) is 41.5 Å². The summed E-state index contributed by atoms with van der Waals surface area (Å²) in [6.07, 6.45) is 2.96. The smallest absolute Gasteiger partial charge is 0.329 e. The molecular weight excluding hydrogens is 757 g/mol. The lowest BCUT2D eigenvalue weighted by atomic mass is 9.81. The average molecular weight is 825 g/mol. The third kappa shape index (κ3) is 11.5. The lowest BCUT2D eigenvalue weighted by Gasteiger charge is -2.38. The zero-order chi connectivity index (χ0) is 43.2. The fraction of sp³-hybridized carbons (Fsp3) is 0.689. The molecule has 3 aliphatic rings. The third-order valence-corrected chi connectivity index (χ3v) is 13.5. The largest absolute Gasteiger partial charge is 0.497 e. The Hall–Kier alpha value is -3.71. The second kappa shape index (κ2) is 20.0. The van der Waals surface area contributed by atoms with Gasteiger partial charge in [0.15, 0.2) is 5.78 Å². The first-order valence-corrected chi connectivity index (χ1v) is 21.9. The van der Waals surface area contributed by atoms with Gasteiger partial charge in [0.2, 0.25) is 17.7 Å². The van der Waals surface area contributed by atoms with Gasteiger partial charge in [0.25, 0.3) is 0 Å². The molecule has 4 rings (SSSR count). The van der Waals surface area contributed by atoms with Crippen LogP contribution in [0.3, 0.4) is 0 Å². The van der Waals surface area contributed by atoms with E-state index in [-0.39, 0.29) is 54.2 Å². The number of benzene rings is 1. The summed E-state index contributed by atoms with van der Waals surface area (Å²) in [6.45, 7) is 17.6. The maximum atomic E-state index is 14.4. The van der Waals surface area contributed by atoms with Gasteiger partial charge in [0, 0.05) is 44.6 Å². The van der Waals surface area contributed by atoms with Crippen molar-refractivity contribution in [3.63, 3.8) is 0 Å². The molecule has 9 atom stereocenters. The second-order valence-corrected chi connectivity index (χ2v) is 19.3. The summed E-state index contributed by atoms with van der Waals surface area (Å²) in [5.41, 5.74) is 0.935. The SMILES string of the molecule is COc1ccc(C[C@@H]2CC(=O)/C(C)=C/[C@H]3CSC(=N3)[C@H](C)[C@@H](O)C[C@H](C)C[C@@H](C(C)(C)C)OC(=O)[C@@H]3CCCN3C(=O)[C@H](C(C)C)N(C)C(=O)[C@H](C)N(C)C2=O)cc1. The molecule has 3 heterocycles. The minimum absolute atomic E-state index is 0.00602. The summed E-state index contributed by atoms with van der Waals surface area (Å²) >= 11 is 1.58. The van der Waals surface area contributed by atoms with Crippen LogP contribution < -0.4 is 4.74 Å². The van der Waals surface area contributed by atoms with Gasteiger partial charge >= 0.3 is 5.97 Å². The van der Waals surface area contributed by atoms with Gasteiger partial charge in [0.1, 0.15) is 30.0 Å². The van der Waals surface area contributed by atoms with Crippen molar-refractivity contribution in [1.29, 1.82) is 0 Å². The van der Waals surface area contributed by atoms with Crippen LogP contribution in [0, 0.1) is 29.1 Å². The maximum absolute atomic E-state index is 14.4. The Bertz CT molecular complexity index is 1700. The van der Waals surface area contributed by atoms with E-state index in [1.54, 1.807) is 51.7 Å². The van der Waals surface area contributed by atoms with Gasteiger partial charge in [0.05, 0.1) is 24.3 Å². The number of aliphatic hydroxyl groups excluding tert-OH is 1. The van der Waals surface area contributed by atoms with Gasteiger partial charge in [-0.05, 0) is 86.5 Å². The van der Waals surface area contributed by atoms with E-state index in [9.17, 15) is 29.1 Å². The van der Waals surface area contributed by atoms with Crippen LogP contribution in [0.4, 0.5) is 0 Å². The molecule has 0 unspecified atom stereocenters. The second-order valence-electron chi connectivity index (χ2n) is 18.2. The number of likely N-dealkylation sites (N-methyl/N-ethyl adjacent to an activating group) is 2. The van der Waals surface area contributed by atoms with Gasteiger partial charge in [-0.1, -0.05) is 66.7 Å². The van der Waals surface area contributed by atoms with Crippen LogP contribution in [-0.4, -0.2) is 124 Å². The highest BCUT2D eigenvalue weighted by Crippen LogP contribution is 2.34.